The number of hydrogen-bond donors (Lipinski definition) is 2. The molecule has 8 nitrogen and oxygen atoms in total. The highest BCUT2D eigenvalue weighted by Crippen LogP contribution is 2.38. The molecule has 184 valence electrons. The van der Waals surface area contributed by atoms with E-state index in [0.717, 1.165) is 17.5 Å². The van der Waals surface area contributed by atoms with Gasteiger partial charge in [0.1, 0.15) is 0 Å². The average molecular weight is 484 g/mol. The van der Waals surface area contributed by atoms with E-state index in [1.54, 1.807) is 26.4 Å². The Hall–Kier alpha value is -4.33. The van der Waals surface area contributed by atoms with Crippen LogP contribution in [0.15, 0.2) is 72.8 Å². The van der Waals surface area contributed by atoms with Crippen molar-refractivity contribution in [1.82, 2.24) is 14.8 Å². The highest BCUT2D eigenvalue weighted by molar-refractivity contribution is 5.90. The highest BCUT2D eigenvalue weighted by Gasteiger charge is 2.31. The van der Waals surface area contributed by atoms with E-state index in [2.05, 4.69) is 64.0 Å². The molecule has 1 aromatic heterocycles. The Morgan fingerprint density at radius 2 is 1.75 bits per heavy atom. The molecule has 0 saturated carbocycles. The number of nitrogens with zero attached hydrogens (tertiary/aromatic N) is 3. The van der Waals surface area contributed by atoms with Gasteiger partial charge in [-0.25, -0.2) is 4.68 Å². The van der Waals surface area contributed by atoms with Gasteiger partial charge in [-0.1, -0.05) is 66.2 Å². The van der Waals surface area contributed by atoms with Crippen molar-refractivity contribution < 1.29 is 14.3 Å². The number of fused-ring (bicyclic) bond motifs is 1. The number of carbonyl (C=O) groups is 1. The molecule has 2 atom stereocenters. The molecule has 0 bridgehead atoms. The van der Waals surface area contributed by atoms with Gasteiger partial charge < -0.3 is 14.8 Å². The van der Waals surface area contributed by atoms with Crippen molar-refractivity contribution >= 4 is 17.8 Å². The number of ether oxygens (including phenoxy) is 2. The lowest BCUT2D eigenvalue weighted by atomic mass is 9.93. The molecule has 5 rings (SSSR count). The lowest BCUT2D eigenvalue weighted by molar-refractivity contribution is -0.115. The van der Waals surface area contributed by atoms with Crippen molar-refractivity contribution in [2.45, 2.75) is 31.8 Å². The highest BCUT2D eigenvalue weighted by atomic mass is 16.5. The summed E-state index contributed by atoms with van der Waals surface area (Å²) < 4.78 is 12.5. The zero-order valence-corrected chi connectivity index (χ0v) is 20.6. The molecule has 0 radical (unpaired) electrons. The molecule has 0 aliphatic carbocycles. The van der Waals surface area contributed by atoms with E-state index in [4.69, 9.17) is 9.47 Å². The van der Waals surface area contributed by atoms with Crippen LogP contribution in [-0.4, -0.2) is 34.9 Å². The van der Waals surface area contributed by atoms with Gasteiger partial charge in [0.25, 0.3) is 5.95 Å². The predicted octanol–water partition coefficient (Wildman–Crippen LogP) is 4.93. The second-order valence-corrected chi connectivity index (χ2v) is 8.89. The molecule has 2 N–H and O–H groups in total. The third-order valence-electron chi connectivity index (χ3n) is 6.42. The second-order valence-electron chi connectivity index (χ2n) is 8.89. The van der Waals surface area contributed by atoms with E-state index in [0.29, 0.717) is 17.4 Å². The maximum atomic E-state index is 12.8. The molecule has 2 heterocycles. The lowest BCUT2D eigenvalue weighted by Gasteiger charge is -2.31. The molecule has 0 spiro atoms. The summed E-state index contributed by atoms with van der Waals surface area (Å²) >= 11 is 0. The van der Waals surface area contributed by atoms with Crippen molar-refractivity contribution in [2.75, 3.05) is 24.9 Å². The zero-order chi connectivity index (χ0) is 25.1. The van der Waals surface area contributed by atoms with Crippen LogP contribution in [0.25, 0.3) is 0 Å². The second kappa shape index (κ2) is 10.1. The molecular formula is C28H29N5O3. The Balaban J connectivity index is 1.38. The minimum absolute atomic E-state index is 0.0160. The van der Waals surface area contributed by atoms with Gasteiger partial charge in [0.05, 0.1) is 32.7 Å². The summed E-state index contributed by atoms with van der Waals surface area (Å²) in [5, 5.41) is 11.0. The van der Waals surface area contributed by atoms with Gasteiger partial charge in [-0.2, -0.15) is 4.98 Å². The summed E-state index contributed by atoms with van der Waals surface area (Å²) in [5.41, 5.74) is 4.35. The van der Waals surface area contributed by atoms with Crippen LogP contribution in [0.5, 0.6) is 11.5 Å². The van der Waals surface area contributed by atoms with Crippen LogP contribution < -0.4 is 20.1 Å². The summed E-state index contributed by atoms with van der Waals surface area (Å²) in [7, 11) is 3.15. The normalized spacial score (nSPS) is 16.5. The van der Waals surface area contributed by atoms with Crippen molar-refractivity contribution in [3.63, 3.8) is 0 Å². The number of aromatic nitrogens is 3. The average Bonchev–Trinajstić information content (AvgIpc) is 3.31. The van der Waals surface area contributed by atoms with Crippen LogP contribution in [0.3, 0.4) is 0 Å². The SMILES string of the molecule is COc1ccc(CC(=O)Nc2nc3n(n2)[C@H](c2ccccc2)C[C@@H](c2ccc(C)cc2)N3)cc1OC. The van der Waals surface area contributed by atoms with E-state index >= 15 is 0 Å². The van der Waals surface area contributed by atoms with Crippen molar-refractivity contribution in [3.8, 4) is 11.5 Å². The fraction of sp³-hybridized carbons (Fsp3) is 0.250. The summed E-state index contributed by atoms with van der Waals surface area (Å²) in [5.74, 6) is 1.88. The molecule has 1 amide bonds. The summed E-state index contributed by atoms with van der Waals surface area (Å²) in [6, 6.07) is 24.3. The first kappa shape index (κ1) is 23.4. The molecule has 8 heteroatoms. The van der Waals surface area contributed by atoms with E-state index < -0.39 is 0 Å². The van der Waals surface area contributed by atoms with E-state index in [1.807, 2.05) is 28.9 Å². The summed E-state index contributed by atoms with van der Waals surface area (Å²) in [6.07, 6.45) is 0.966. The Morgan fingerprint density at radius 3 is 2.47 bits per heavy atom. The Kier molecular flexibility index (Phi) is 6.58. The standard InChI is InChI=1S/C28H29N5O3/c1-18-9-12-20(13-10-18)22-17-23(21-7-5-4-6-8-21)33-28(29-22)31-27(32-33)30-26(34)16-19-11-14-24(35-2)25(15-19)36-3/h4-15,22-23H,16-17H2,1-3H3,(H2,29,30,31,32,34)/t22-,23-/m0/s1. The monoisotopic (exact) mass is 483 g/mol. The maximum absolute atomic E-state index is 12.8. The van der Waals surface area contributed by atoms with Gasteiger partial charge >= 0.3 is 0 Å². The Labute approximate surface area is 210 Å². The van der Waals surface area contributed by atoms with Gasteiger partial charge in [-0.3, -0.25) is 10.1 Å². The van der Waals surface area contributed by atoms with Gasteiger partial charge in [0.2, 0.25) is 11.9 Å². The Morgan fingerprint density at radius 1 is 1.00 bits per heavy atom. The number of hydrogen-bond acceptors (Lipinski definition) is 6. The van der Waals surface area contributed by atoms with Crippen LogP contribution in [0, 0.1) is 6.92 Å². The molecule has 36 heavy (non-hydrogen) atoms. The molecule has 3 aromatic carbocycles. The van der Waals surface area contributed by atoms with Crippen molar-refractivity contribution in [1.29, 1.82) is 0 Å². The van der Waals surface area contributed by atoms with E-state index in [1.165, 1.54) is 11.1 Å². The number of benzene rings is 3. The summed E-state index contributed by atoms with van der Waals surface area (Å²) in [4.78, 5) is 17.5. The summed E-state index contributed by atoms with van der Waals surface area (Å²) in [6.45, 7) is 2.08. The first-order valence-corrected chi connectivity index (χ1v) is 11.9. The van der Waals surface area contributed by atoms with Gasteiger partial charge in [0.15, 0.2) is 11.5 Å². The minimum atomic E-state index is -0.212. The van der Waals surface area contributed by atoms with E-state index in [9.17, 15) is 4.79 Å². The first-order chi connectivity index (χ1) is 17.5. The van der Waals surface area contributed by atoms with Crippen LogP contribution in [-0.2, 0) is 11.2 Å². The third kappa shape index (κ3) is 4.88. The van der Waals surface area contributed by atoms with E-state index in [-0.39, 0.29) is 30.4 Å². The van der Waals surface area contributed by atoms with Gasteiger partial charge in [0, 0.05) is 0 Å². The zero-order valence-electron chi connectivity index (χ0n) is 20.6. The quantitative estimate of drug-likeness (QED) is 0.387. The van der Waals surface area contributed by atoms with Crippen LogP contribution in [0.2, 0.25) is 0 Å². The fourth-order valence-electron chi connectivity index (χ4n) is 4.55. The number of amides is 1. The first-order valence-electron chi connectivity index (χ1n) is 11.9. The van der Waals surface area contributed by atoms with Crippen LogP contribution >= 0.6 is 0 Å². The van der Waals surface area contributed by atoms with Crippen LogP contribution in [0.1, 0.15) is 40.8 Å². The maximum Gasteiger partial charge on any atom is 0.250 e. The lowest BCUT2D eigenvalue weighted by Crippen LogP contribution is -2.28. The fourth-order valence-corrected chi connectivity index (χ4v) is 4.55. The smallest absolute Gasteiger partial charge is 0.250 e. The topological polar surface area (TPSA) is 90.3 Å². The number of aryl methyl sites for hydroxylation is 1. The molecule has 1 aliphatic heterocycles. The van der Waals surface area contributed by atoms with Gasteiger partial charge in [-0.15, -0.1) is 5.10 Å². The minimum Gasteiger partial charge on any atom is -0.493 e. The number of methoxy groups -OCH3 is 2. The van der Waals surface area contributed by atoms with Crippen LogP contribution in [0.4, 0.5) is 11.9 Å². The van der Waals surface area contributed by atoms with Crippen molar-refractivity contribution in [3.05, 3.63) is 95.1 Å². The molecular weight excluding hydrogens is 454 g/mol. The largest absolute Gasteiger partial charge is 0.493 e. The molecule has 1 aliphatic rings. The third-order valence-corrected chi connectivity index (χ3v) is 6.42. The Bertz CT molecular complexity index is 1350. The molecule has 0 saturated heterocycles. The predicted molar refractivity (Wildman–Crippen MR) is 139 cm³/mol. The molecule has 4 aromatic rings. The van der Waals surface area contributed by atoms with Crippen molar-refractivity contribution in [2.24, 2.45) is 0 Å². The number of nitrogens with one attached hydrogen (secondary N) is 2. The number of rotatable bonds is 7. The number of anilines is 2. The number of carbonyl (C=O) groups excluding carboxylic acids is 1. The van der Waals surface area contributed by atoms with Gasteiger partial charge in [-0.05, 0) is 42.2 Å². The molecule has 0 fully saturated rings. The molecule has 0 unspecified atom stereocenters.